The summed E-state index contributed by atoms with van der Waals surface area (Å²) >= 11 is 1.53. The number of hydrogen-bond acceptors (Lipinski definition) is 5. The lowest BCUT2D eigenvalue weighted by Gasteiger charge is -2.28. The Balaban J connectivity index is 1.60. The highest BCUT2D eigenvalue weighted by molar-refractivity contribution is 7.10. The zero-order valence-corrected chi connectivity index (χ0v) is 22.4. The fourth-order valence-electron chi connectivity index (χ4n) is 5.42. The van der Waals surface area contributed by atoms with Crippen LogP contribution < -0.4 is 0 Å². The van der Waals surface area contributed by atoms with Gasteiger partial charge in [-0.15, -0.1) is 11.3 Å². The average Bonchev–Trinajstić information content (AvgIpc) is 3.38. The van der Waals surface area contributed by atoms with Crippen molar-refractivity contribution in [1.29, 1.82) is 0 Å². The molecule has 1 atom stereocenters. The number of aliphatic hydroxyl groups excluding tert-OH is 1. The van der Waals surface area contributed by atoms with Crippen molar-refractivity contribution in [2.24, 2.45) is 5.92 Å². The van der Waals surface area contributed by atoms with Crippen LogP contribution in [0.15, 0.2) is 29.8 Å². The normalized spacial score (nSPS) is 18.6. The molecule has 1 aliphatic rings. The molecule has 2 aromatic heterocycles. The second-order valence-electron chi connectivity index (χ2n) is 10.1. The molecule has 0 spiro atoms. The summed E-state index contributed by atoms with van der Waals surface area (Å²) in [6.07, 6.45) is 3.79. The Hall–Kier alpha value is -2.91. The quantitative estimate of drug-likeness (QED) is 0.398. The van der Waals surface area contributed by atoms with Crippen LogP contribution in [-0.4, -0.2) is 38.0 Å². The summed E-state index contributed by atoms with van der Waals surface area (Å²) in [5, 5.41) is 17.6. The number of Topliss-reactive ketones (excluding diaryl/α,β-unsaturated/α-hetero) is 1. The molecule has 3 aromatic rings. The molecule has 198 valence electrons. The second kappa shape index (κ2) is 11.2. The standard InChI is InChI=1S/C28H33F2N3O3S/c1-16-15-37-19(4)27(16)26(35)14-32(13-20-9-22(29)11-23(30)10-20)28(36)25-12-31-33(17(25)2)24-7-5-21(6-8-24)18(3)34/h9-12,15,21,24,26,35H,5-8,13-14H2,1-4H3/t21-,24-,26?. The minimum atomic E-state index is -0.953. The Labute approximate surface area is 219 Å². The molecular formula is C28H33F2N3O3S. The topological polar surface area (TPSA) is 75.4 Å². The number of halogens is 2. The minimum Gasteiger partial charge on any atom is -0.387 e. The predicted molar refractivity (Wildman–Crippen MR) is 138 cm³/mol. The maximum Gasteiger partial charge on any atom is 0.257 e. The number of hydrogen-bond donors (Lipinski definition) is 1. The van der Waals surface area contributed by atoms with Crippen LogP contribution in [0.1, 0.15) is 82.4 Å². The summed E-state index contributed by atoms with van der Waals surface area (Å²) in [5.74, 6) is -1.52. The molecule has 37 heavy (non-hydrogen) atoms. The van der Waals surface area contributed by atoms with Gasteiger partial charge in [-0.25, -0.2) is 8.78 Å². The molecule has 6 nitrogen and oxygen atoms in total. The Morgan fingerprint density at radius 1 is 1.14 bits per heavy atom. The molecule has 9 heteroatoms. The van der Waals surface area contributed by atoms with Gasteiger partial charge in [0, 0.05) is 29.1 Å². The van der Waals surface area contributed by atoms with E-state index >= 15 is 0 Å². The molecule has 1 aliphatic carbocycles. The molecule has 1 N–H and O–H groups in total. The SMILES string of the molecule is Cc1csc(C)c1C(O)CN(Cc1cc(F)cc(F)c1)C(=O)c1cnn([C@H]2CC[C@H](C(C)=O)CC2)c1C. The molecule has 1 unspecified atom stereocenters. The Bertz CT molecular complexity index is 1250. The average molecular weight is 530 g/mol. The van der Waals surface area contributed by atoms with Gasteiger partial charge in [0.2, 0.25) is 0 Å². The first-order chi connectivity index (χ1) is 17.5. The third-order valence-electron chi connectivity index (χ3n) is 7.42. The lowest BCUT2D eigenvalue weighted by molar-refractivity contribution is -0.121. The lowest BCUT2D eigenvalue weighted by atomic mass is 9.84. The summed E-state index contributed by atoms with van der Waals surface area (Å²) in [6.45, 7) is 7.18. The van der Waals surface area contributed by atoms with Gasteiger partial charge in [0.15, 0.2) is 0 Å². The number of aromatic nitrogens is 2. The number of carbonyl (C=O) groups is 2. The molecule has 0 bridgehead atoms. The minimum absolute atomic E-state index is 0.0380. The van der Waals surface area contributed by atoms with Gasteiger partial charge in [-0.1, -0.05) is 0 Å². The van der Waals surface area contributed by atoms with E-state index in [1.807, 2.05) is 30.8 Å². The fourth-order valence-corrected chi connectivity index (χ4v) is 6.32. The number of aryl methyl sites for hydroxylation is 2. The Morgan fingerprint density at radius 3 is 2.35 bits per heavy atom. The first-order valence-electron chi connectivity index (χ1n) is 12.6. The highest BCUT2D eigenvalue weighted by Gasteiger charge is 2.30. The molecule has 1 fully saturated rings. The van der Waals surface area contributed by atoms with Gasteiger partial charge in [0.1, 0.15) is 17.4 Å². The molecule has 0 aliphatic heterocycles. The van der Waals surface area contributed by atoms with Crippen molar-refractivity contribution in [3.63, 3.8) is 0 Å². The van der Waals surface area contributed by atoms with Gasteiger partial charge in [-0.05, 0) is 87.6 Å². The molecule has 0 saturated heterocycles. The van der Waals surface area contributed by atoms with Crippen LogP contribution in [0.2, 0.25) is 0 Å². The summed E-state index contributed by atoms with van der Waals surface area (Å²) in [4.78, 5) is 27.9. The van der Waals surface area contributed by atoms with Crippen molar-refractivity contribution >= 4 is 23.0 Å². The van der Waals surface area contributed by atoms with Crippen LogP contribution in [0.25, 0.3) is 0 Å². The molecule has 1 aromatic carbocycles. The number of rotatable bonds is 8. The Morgan fingerprint density at radius 2 is 1.78 bits per heavy atom. The third kappa shape index (κ3) is 5.99. The lowest BCUT2D eigenvalue weighted by Crippen LogP contribution is -2.35. The van der Waals surface area contributed by atoms with E-state index in [0.717, 1.165) is 47.8 Å². The molecule has 1 amide bonds. The van der Waals surface area contributed by atoms with Crippen LogP contribution in [0.3, 0.4) is 0 Å². The van der Waals surface area contributed by atoms with Crippen molar-refractivity contribution in [3.05, 3.63) is 74.2 Å². The smallest absolute Gasteiger partial charge is 0.257 e. The summed E-state index contributed by atoms with van der Waals surface area (Å²) in [7, 11) is 0. The zero-order chi connectivity index (χ0) is 26.9. The summed E-state index contributed by atoms with van der Waals surface area (Å²) in [5.41, 5.74) is 3.08. The van der Waals surface area contributed by atoms with Crippen LogP contribution >= 0.6 is 11.3 Å². The van der Waals surface area contributed by atoms with Crippen molar-refractivity contribution in [1.82, 2.24) is 14.7 Å². The summed E-state index contributed by atoms with van der Waals surface area (Å²) in [6, 6.07) is 3.28. The van der Waals surface area contributed by atoms with Crippen LogP contribution in [0.4, 0.5) is 8.78 Å². The van der Waals surface area contributed by atoms with E-state index in [-0.39, 0.29) is 36.7 Å². The van der Waals surface area contributed by atoms with Crippen molar-refractivity contribution in [2.45, 2.75) is 72.1 Å². The van der Waals surface area contributed by atoms with E-state index in [1.165, 1.54) is 34.6 Å². The third-order valence-corrected chi connectivity index (χ3v) is 8.46. The highest BCUT2D eigenvalue weighted by atomic mass is 32.1. The highest BCUT2D eigenvalue weighted by Crippen LogP contribution is 2.34. The van der Waals surface area contributed by atoms with Gasteiger partial charge in [-0.3, -0.25) is 14.3 Å². The number of nitrogens with zero attached hydrogens (tertiary/aromatic N) is 3. The monoisotopic (exact) mass is 529 g/mol. The van der Waals surface area contributed by atoms with Gasteiger partial charge in [-0.2, -0.15) is 5.10 Å². The molecule has 4 rings (SSSR count). The zero-order valence-electron chi connectivity index (χ0n) is 21.6. The van der Waals surface area contributed by atoms with Crippen LogP contribution in [0.5, 0.6) is 0 Å². The van der Waals surface area contributed by atoms with E-state index in [0.29, 0.717) is 16.8 Å². The van der Waals surface area contributed by atoms with Gasteiger partial charge < -0.3 is 10.0 Å². The number of carbonyl (C=O) groups excluding carboxylic acids is 2. The van der Waals surface area contributed by atoms with E-state index < -0.39 is 17.7 Å². The maximum absolute atomic E-state index is 13.9. The van der Waals surface area contributed by atoms with Crippen molar-refractivity contribution < 1.29 is 23.5 Å². The first kappa shape index (κ1) is 27.1. The molecule has 2 heterocycles. The van der Waals surface area contributed by atoms with Gasteiger partial charge in [0.05, 0.1) is 30.5 Å². The number of thiophene rings is 1. The first-order valence-corrected chi connectivity index (χ1v) is 13.4. The van der Waals surface area contributed by atoms with Crippen LogP contribution in [0, 0.1) is 38.3 Å². The maximum atomic E-state index is 13.9. The molecule has 1 saturated carbocycles. The predicted octanol–water partition coefficient (Wildman–Crippen LogP) is 5.84. The van der Waals surface area contributed by atoms with E-state index in [2.05, 4.69) is 5.10 Å². The molecular weight excluding hydrogens is 496 g/mol. The number of benzene rings is 1. The largest absolute Gasteiger partial charge is 0.387 e. The van der Waals surface area contributed by atoms with E-state index in [1.54, 1.807) is 6.92 Å². The Kier molecular flexibility index (Phi) is 8.23. The fraction of sp³-hybridized carbons (Fsp3) is 0.464. The number of ketones is 1. The van der Waals surface area contributed by atoms with Gasteiger partial charge >= 0.3 is 0 Å². The number of aliphatic hydroxyl groups is 1. The van der Waals surface area contributed by atoms with Gasteiger partial charge in [0.25, 0.3) is 5.91 Å². The number of amides is 1. The van der Waals surface area contributed by atoms with E-state index in [4.69, 9.17) is 0 Å². The summed E-state index contributed by atoms with van der Waals surface area (Å²) < 4.78 is 29.7. The van der Waals surface area contributed by atoms with Crippen molar-refractivity contribution in [2.75, 3.05) is 6.54 Å². The molecule has 0 radical (unpaired) electrons. The van der Waals surface area contributed by atoms with E-state index in [9.17, 15) is 23.5 Å². The van der Waals surface area contributed by atoms with Crippen LogP contribution in [-0.2, 0) is 11.3 Å². The van der Waals surface area contributed by atoms with Crippen molar-refractivity contribution in [3.8, 4) is 0 Å². The second-order valence-corrected chi connectivity index (χ2v) is 11.2.